The van der Waals surface area contributed by atoms with Crippen LogP contribution in [0.4, 0.5) is 5.69 Å². The first-order valence-corrected chi connectivity index (χ1v) is 5.76. The summed E-state index contributed by atoms with van der Waals surface area (Å²) in [6.45, 7) is 2.02. The lowest BCUT2D eigenvalue weighted by atomic mass is 10.2. The van der Waals surface area contributed by atoms with Crippen LogP contribution in [0.1, 0.15) is 19.8 Å². The summed E-state index contributed by atoms with van der Waals surface area (Å²) in [5.74, 6) is 0.0220. The molecule has 0 saturated carbocycles. The maximum Gasteiger partial charge on any atom is 0.253 e. The number of hydroxylamine groups is 1. The summed E-state index contributed by atoms with van der Waals surface area (Å²) in [4.78, 5) is 17.2. The molecule has 0 bridgehead atoms. The van der Waals surface area contributed by atoms with Gasteiger partial charge in [0.25, 0.3) is 5.91 Å². The minimum Gasteiger partial charge on any atom is -0.272 e. The molecule has 80 valence electrons. The Kier molecular flexibility index (Phi) is 3.07. The molecule has 1 aromatic rings. The third kappa shape index (κ3) is 2.06. The van der Waals surface area contributed by atoms with Gasteiger partial charge >= 0.3 is 0 Å². The van der Waals surface area contributed by atoms with Crippen molar-refractivity contribution in [1.82, 2.24) is 0 Å². The second-order valence-electron chi connectivity index (χ2n) is 3.48. The summed E-state index contributed by atoms with van der Waals surface area (Å²) in [5.41, 5.74) is 0.776. The summed E-state index contributed by atoms with van der Waals surface area (Å²) in [6, 6.07) is 7.55. The van der Waals surface area contributed by atoms with E-state index in [4.69, 9.17) is 4.84 Å². The number of rotatable bonds is 2. The lowest BCUT2D eigenvalue weighted by Gasteiger charge is -2.16. The third-order valence-corrected chi connectivity index (χ3v) is 3.08. The van der Waals surface area contributed by atoms with Crippen LogP contribution in [0.15, 0.2) is 28.7 Å². The molecule has 1 heterocycles. The van der Waals surface area contributed by atoms with Crippen molar-refractivity contribution in [2.45, 2.75) is 25.9 Å². The Balaban J connectivity index is 2.25. The van der Waals surface area contributed by atoms with Gasteiger partial charge in [-0.2, -0.15) is 5.06 Å². The fraction of sp³-hybridized carbons (Fsp3) is 0.364. The normalized spacial score (nSPS) is 21.1. The van der Waals surface area contributed by atoms with E-state index in [2.05, 4.69) is 15.9 Å². The topological polar surface area (TPSA) is 29.5 Å². The maximum absolute atomic E-state index is 11.7. The molecule has 0 radical (unpaired) electrons. The van der Waals surface area contributed by atoms with Crippen molar-refractivity contribution >= 4 is 27.5 Å². The highest BCUT2D eigenvalue weighted by molar-refractivity contribution is 9.10. The lowest BCUT2D eigenvalue weighted by Crippen LogP contribution is -2.23. The number of anilines is 1. The van der Waals surface area contributed by atoms with Crippen LogP contribution < -0.4 is 5.06 Å². The van der Waals surface area contributed by atoms with Gasteiger partial charge in [0.15, 0.2) is 0 Å². The monoisotopic (exact) mass is 269 g/mol. The first-order chi connectivity index (χ1) is 7.22. The van der Waals surface area contributed by atoms with Gasteiger partial charge < -0.3 is 0 Å². The zero-order valence-corrected chi connectivity index (χ0v) is 10.0. The molecule has 4 heteroatoms. The van der Waals surface area contributed by atoms with Gasteiger partial charge in [-0.3, -0.25) is 9.63 Å². The zero-order chi connectivity index (χ0) is 10.8. The molecule has 1 unspecified atom stereocenters. The quantitative estimate of drug-likeness (QED) is 0.827. The number of para-hydroxylation sites is 1. The molecule has 0 N–H and O–H groups in total. The van der Waals surface area contributed by atoms with Crippen LogP contribution in [0.5, 0.6) is 0 Å². The van der Waals surface area contributed by atoms with Gasteiger partial charge in [-0.15, -0.1) is 0 Å². The minimum atomic E-state index is 0.0182. The Morgan fingerprint density at radius 1 is 1.53 bits per heavy atom. The van der Waals surface area contributed by atoms with E-state index in [1.54, 1.807) is 0 Å². The molecule has 0 aromatic heterocycles. The summed E-state index contributed by atoms with van der Waals surface area (Å²) in [7, 11) is 0. The van der Waals surface area contributed by atoms with Crippen molar-refractivity contribution in [3.63, 3.8) is 0 Å². The molecule has 1 atom stereocenters. The zero-order valence-electron chi connectivity index (χ0n) is 8.44. The smallest absolute Gasteiger partial charge is 0.253 e. The molecule has 3 nitrogen and oxygen atoms in total. The molecule has 0 spiro atoms. The van der Waals surface area contributed by atoms with Crippen LogP contribution in [-0.2, 0) is 9.63 Å². The van der Waals surface area contributed by atoms with Crippen LogP contribution in [0.2, 0.25) is 0 Å². The summed E-state index contributed by atoms with van der Waals surface area (Å²) >= 11 is 3.40. The van der Waals surface area contributed by atoms with Crippen molar-refractivity contribution in [3.05, 3.63) is 28.7 Å². The molecule has 0 aliphatic carbocycles. The average molecular weight is 270 g/mol. The van der Waals surface area contributed by atoms with Crippen molar-refractivity contribution in [2.75, 3.05) is 5.06 Å². The summed E-state index contributed by atoms with van der Waals surface area (Å²) in [5, 5.41) is 1.39. The predicted molar refractivity (Wildman–Crippen MR) is 61.4 cm³/mol. The van der Waals surface area contributed by atoms with Gasteiger partial charge in [0.2, 0.25) is 0 Å². The van der Waals surface area contributed by atoms with Gasteiger partial charge in [0.1, 0.15) is 0 Å². The standard InChI is InChI=1S/C11H12BrNO2/c1-2-8-7-11(14)13(15-8)10-6-4-3-5-9(10)12/h3-6,8H,2,7H2,1H3. The van der Waals surface area contributed by atoms with E-state index in [0.29, 0.717) is 6.42 Å². The Hall–Kier alpha value is -0.870. The van der Waals surface area contributed by atoms with Gasteiger partial charge in [-0.05, 0) is 34.5 Å². The number of benzene rings is 1. The largest absolute Gasteiger partial charge is 0.272 e. The highest BCUT2D eigenvalue weighted by atomic mass is 79.9. The Morgan fingerprint density at radius 2 is 2.27 bits per heavy atom. The van der Waals surface area contributed by atoms with E-state index < -0.39 is 0 Å². The average Bonchev–Trinajstić information content (AvgIpc) is 2.60. The van der Waals surface area contributed by atoms with Gasteiger partial charge in [0.05, 0.1) is 18.2 Å². The van der Waals surface area contributed by atoms with Gasteiger partial charge in [-0.1, -0.05) is 19.1 Å². The van der Waals surface area contributed by atoms with E-state index in [1.165, 1.54) is 5.06 Å². The van der Waals surface area contributed by atoms with Crippen LogP contribution in [0.25, 0.3) is 0 Å². The van der Waals surface area contributed by atoms with Crippen LogP contribution in [0, 0.1) is 0 Å². The Morgan fingerprint density at radius 3 is 2.87 bits per heavy atom. The van der Waals surface area contributed by atoms with Crippen molar-refractivity contribution in [3.8, 4) is 0 Å². The molecule has 1 aliphatic rings. The fourth-order valence-electron chi connectivity index (χ4n) is 1.55. The lowest BCUT2D eigenvalue weighted by molar-refractivity contribution is -0.119. The van der Waals surface area contributed by atoms with Crippen LogP contribution in [0.3, 0.4) is 0 Å². The Bertz CT molecular complexity index is 381. The number of hydrogen-bond donors (Lipinski definition) is 0. The predicted octanol–water partition coefficient (Wildman–Crippen LogP) is 2.90. The summed E-state index contributed by atoms with van der Waals surface area (Å²) < 4.78 is 0.870. The van der Waals surface area contributed by atoms with E-state index in [9.17, 15) is 4.79 Å². The second-order valence-corrected chi connectivity index (χ2v) is 4.33. The van der Waals surface area contributed by atoms with E-state index in [0.717, 1.165) is 16.6 Å². The van der Waals surface area contributed by atoms with Crippen molar-refractivity contribution in [2.24, 2.45) is 0 Å². The minimum absolute atomic E-state index is 0.0182. The molecule has 1 amide bonds. The number of carbonyl (C=O) groups is 1. The highest BCUT2D eigenvalue weighted by Crippen LogP contribution is 2.31. The van der Waals surface area contributed by atoms with Crippen LogP contribution in [-0.4, -0.2) is 12.0 Å². The second kappa shape index (κ2) is 4.33. The molecular weight excluding hydrogens is 258 g/mol. The van der Waals surface area contributed by atoms with E-state index >= 15 is 0 Å². The van der Waals surface area contributed by atoms with Gasteiger partial charge in [-0.25, -0.2) is 0 Å². The third-order valence-electron chi connectivity index (χ3n) is 2.41. The molecule has 1 saturated heterocycles. The number of hydrogen-bond acceptors (Lipinski definition) is 2. The Labute approximate surface area is 97.1 Å². The van der Waals surface area contributed by atoms with Gasteiger partial charge in [0, 0.05) is 4.47 Å². The maximum atomic E-state index is 11.7. The van der Waals surface area contributed by atoms with E-state index in [-0.39, 0.29) is 12.0 Å². The van der Waals surface area contributed by atoms with Crippen molar-refractivity contribution < 1.29 is 9.63 Å². The molecule has 15 heavy (non-hydrogen) atoms. The number of halogens is 1. The highest BCUT2D eigenvalue weighted by Gasteiger charge is 2.31. The number of nitrogens with zero attached hydrogens (tertiary/aromatic N) is 1. The van der Waals surface area contributed by atoms with E-state index in [1.807, 2.05) is 31.2 Å². The molecular formula is C11H12BrNO2. The first kappa shape index (κ1) is 10.6. The fourth-order valence-corrected chi connectivity index (χ4v) is 2.00. The molecule has 1 fully saturated rings. The summed E-state index contributed by atoms with van der Waals surface area (Å²) in [6.07, 6.45) is 1.34. The SMILES string of the molecule is CCC1CC(=O)N(c2ccccc2Br)O1. The van der Waals surface area contributed by atoms with Crippen molar-refractivity contribution in [1.29, 1.82) is 0 Å². The molecule has 1 aliphatic heterocycles. The molecule has 1 aromatic carbocycles. The van der Waals surface area contributed by atoms with Crippen LogP contribution >= 0.6 is 15.9 Å². The first-order valence-electron chi connectivity index (χ1n) is 4.96. The molecule has 2 rings (SSSR count). The number of carbonyl (C=O) groups excluding carboxylic acids is 1. The number of amides is 1.